The minimum Gasteiger partial charge on any atom is -0.393 e. The molecule has 0 aromatic carbocycles. The zero-order chi connectivity index (χ0) is 18.9. The van der Waals surface area contributed by atoms with E-state index in [-0.39, 0.29) is 22.7 Å². The average molecular weight is 363 g/mol. The summed E-state index contributed by atoms with van der Waals surface area (Å²) in [5.74, 6) is 1.35. The number of rotatable bonds is 2. The van der Waals surface area contributed by atoms with Gasteiger partial charge < -0.3 is 14.9 Å². The Morgan fingerprint density at radius 2 is 1.92 bits per heavy atom. The molecule has 0 aliphatic heterocycles. The Morgan fingerprint density at radius 3 is 2.58 bits per heavy atom. The number of methoxy groups -OCH3 is 1. The molecule has 0 aromatic rings. The summed E-state index contributed by atoms with van der Waals surface area (Å²) in [6, 6.07) is 0. The van der Waals surface area contributed by atoms with E-state index in [1.54, 1.807) is 14.0 Å². The second kappa shape index (κ2) is 5.89. The molecule has 4 nitrogen and oxygen atoms in total. The Labute approximate surface area is 157 Å². The van der Waals surface area contributed by atoms with Crippen molar-refractivity contribution in [1.29, 1.82) is 0 Å². The van der Waals surface area contributed by atoms with Crippen LogP contribution >= 0.6 is 0 Å². The van der Waals surface area contributed by atoms with Gasteiger partial charge in [-0.05, 0) is 75.0 Å². The summed E-state index contributed by atoms with van der Waals surface area (Å²) in [6.45, 7) is 6.15. The summed E-state index contributed by atoms with van der Waals surface area (Å²) in [4.78, 5) is 12.6. The summed E-state index contributed by atoms with van der Waals surface area (Å²) in [6.07, 6.45) is 7.90. The zero-order valence-electron chi connectivity index (χ0n) is 16.6. The quantitative estimate of drug-likeness (QED) is 0.740. The van der Waals surface area contributed by atoms with Gasteiger partial charge in [0.25, 0.3) is 0 Å². The molecule has 146 valence electrons. The lowest BCUT2D eigenvalue weighted by Gasteiger charge is -2.59. The zero-order valence-corrected chi connectivity index (χ0v) is 16.6. The van der Waals surface area contributed by atoms with Crippen LogP contribution in [0.1, 0.15) is 65.7 Å². The first kappa shape index (κ1) is 18.6. The van der Waals surface area contributed by atoms with E-state index in [4.69, 9.17) is 4.74 Å². The lowest BCUT2D eigenvalue weighted by molar-refractivity contribution is -0.183. The molecule has 0 aromatic heterocycles. The van der Waals surface area contributed by atoms with E-state index in [1.165, 1.54) is 5.57 Å². The average Bonchev–Trinajstić information content (AvgIpc) is 2.82. The van der Waals surface area contributed by atoms with Gasteiger partial charge >= 0.3 is 0 Å². The fourth-order valence-corrected chi connectivity index (χ4v) is 7.79. The Morgan fingerprint density at radius 1 is 1.19 bits per heavy atom. The number of carbonyl (C=O) groups is 1. The highest BCUT2D eigenvalue weighted by atomic mass is 16.5. The molecule has 26 heavy (non-hydrogen) atoms. The number of Topliss-reactive ketones (excluding diaryl/α,β-unsaturated/α-hetero) is 1. The number of ether oxygens (including phenoxy) is 1. The van der Waals surface area contributed by atoms with Gasteiger partial charge in [-0.15, -0.1) is 0 Å². The second-order valence-corrected chi connectivity index (χ2v) is 9.86. The van der Waals surface area contributed by atoms with Gasteiger partial charge in [0, 0.05) is 12.5 Å². The van der Waals surface area contributed by atoms with E-state index in [0.717, 1.165) is 38.5 Å². The summed E-state index contributed by atoms with van der Waals surface area (Å²) >= 11 is 0. The van der Waals surface area contributed by atoms with Crippen molar-refractivity contribution in [2.24, 2.45) is 28.6 Å². The SMILES string of the molecule is CO[C@@]1(C(C)=O)[C@H](O)C[C@@H]2[C@H]3CC=C4C[C@@H](O)CC[C@]4(C)[C@@H]3CC[C@@]21C. The molecular weight excluding hydrogens is 328 g/mol. The van der Waals surface area contributed by atoms with Crippen molar-refractivity contribution < 1.29 is 19.7 Å². The van der Waals surface area contributed by atoms with E-state index in [1.807, 2.05) is 0 Å². The van der Waals surface area contributed by atoms with Crippen molar-refractivity contribution in [1.82, 2.24) is 0 Å². The number of fused-ring (bicyclic) bond motifs is 5. The van der Waals surface area contributed by atoms with Gasteiger partial charge in [-0.1, -0.05) is 25.5 Å². The Kier molecular flexibility index (Phi) is 4.22. The van der Waals surface area contributed by atoms with Crippen LogP contribution in [0, 0.1) is 28.6 Å². The second-order valence-electron chi connectivity index (χ2n) is 9.86. The number of aliphatic hydroxyl groups excluding tert-OH is 2. The van der Waals surface area contributed by atoms with E-state index in [9.17, 15) is 15.0 Å². The van der Waals surface area contributed by atoms with Crippen molar-refractivity contribution in [3.8, 4) is 0 Å². The smallest absolute Gasteiger partial charge is 0.164 e. The molecule has 0 radical (unpaired) electrons. The predicted molar refractivity (Wildman–Crippen MR) is 99.5 cm³/mol. The molecule has 0 heterocycles. The maximum atomic E-state index is 12.6. The summed E-state index contributed by atoms with van der Waals surface area (Å²) < 4.78 is 5.82. The van der Waals surface area contributed by atoms with Crippen molar-refractivity contribution in [2.45, 2.75) is 83.5 Å². The number of ketones is 1. The molecule has 8 atom stereocenters. The number of carbonyl (C=O) groups excluding carboxylic acids is 1. The number of hydrogen-bond donors (Lipinski definition) is 2. The first-order valence-corrected chi connectivity index (χ1v) is 10.3. The van der Waals surface area contributed by atoms with Crippen molar-refractivity contribution in [3.63, 3.8) is 0 Å². The van der Waals surface area contributed by atoms with Gasteiger partial charge in [0.05, 0.1) is 12.2 Å². The van der Waals surface area contributed by atoms with Crippen LogP contribution in [0.2, 0.25) is 0 Å². The van der Waals surface area contributed by atoms with Crippen LogP contribution < -0.4 is 0 Å². The number of hydrogen-bond acceptors (Lipinski definition) is 4. The Bertz CT molecular complexity index is 642. The Balaban J connectivity index is 1.73. The van der Waals surface area contributed by atoms with Crippen LogP contribution in [0.25, 0.3) is 0 Å². The van der Waals surface area contributed by atoms with Crippen LogP contribution in [0.5, 0.6) is 0 Å². The standard InChI is InChI=1S/C22H34O4/c1-13(23)22(26-4)19(25)12-18-16-6-5-14-11-15(24)7-9-20(14,2)17(16)8-10-21(18,22)3/h5,15-19,24-25H,6-12H2,1-4H3/t15-,16-,17+,18+,19+,20-,21-,22-/m0/s1. The molecule has 0 saturated heterocycles. The van der Waals surface area contributed by atoms with Crippen molar-refractivity contribution in [3.05, 3.63) is 11.6 Å². The molecule has 0 bridgehead atoms. The van der Waals surface area contributed by atoms with Gasteiger partial charge in [0.2, 0.25) is 0 Å². The minimum absolute atomic E-state index is 0.0324. The molecule has 0 spiro atoms. The lowest BCUT2D eigenvalue weighted by atomic mass is 9.46. The molecule has 3 fully saturated rings. The molecule has 0 unspecified atom stereocenters. The monoisotopic (exact) mass is 362 g/mol. The predicted octanol–water partition coefficient (Wildman–Crippen LogP) is 3.26. The van der Waals surface area contributed by atoms with Crippen LogP contribution in [0.4, 0.5) is 0 Å². The first-order valence-electron chi connectivity index (χ1n) is 10.3. The van der Waals surface area contributed by atoms with Crippen LogP contribution in [0.15, 0.2) is 11.6 Å². The first-order chi connectivity index (χ1) is 12.2. The van der Waals surface area contributed by atoms with Crippen molar-refractivity contribution in [2.75, 3.05) is 7.11 Å². The highest BCUT2D eigenvalue weighted by Gasteiger charge is 2.69. The van der Waals surface area contributed by atoms with E-state index >= 15 is 0 Å². The molecule has 3 saturated carbocycles. The van der Waals surface area contributed by atoms with Crippen molar-refractivity contribution >= 4 is 5.78 Å². The third kappa shape index (κ3) is 2.10. The van der Waals surface area contributed by atoms with Gasteiger partial charge in [-0.3, -0.25) is 4.79 Å². The minimum atomic E-state index is -1.06. The summed E-state index contributed by atoms with van der Waals surface area (Å²) in [7, 11) is 1.59. The van der Waals surface area contributed by atoms with Gasteiger partial charge in [0.15, 0.2) is 11.4 Å². The molecule has 0 amide bonds. The topological polar surface area (TPSA) is 66.8 Å². The Hall–Kier alpha value is -0.710. The highest BCUT2D eigenvalue weighted by molar-refractivity contribution is 5.87. The highest BCUT2D eigenvalue weighted by Crippen LogP contribution is 2.67. The fraction of sp³-hybridized carbons (Fsp3) is 0.864. The molecule has 4 aliphatic rings. The fourth-order valence-electron chi connectivity index (χ4n) is 7.79. The van der Waals surface area contributed by atoms with Gasteiger partial charge in [-0.2, -0.15) is 0 Å². The van der Waals surface area contributed by atoms with E-state index in [0.29, 0.717) is 24.2 Å². The molecule has 4 heteroatoms. The summed E-state index contributed by atoms with van der Waals surface area (Å²) in [5.41, 5.74) is 0.257. The maximum absolute atomic E-state index is 12.6. The normalized spacial score (nSPS) is 53.3. The van der Waals surface area contributed by atoms with Gasteiger partial charge in [0.1, 0.15) is 0 Å². The number of aliphatic hydroxyl groups is 2. The van der Waals surface area contributed by atoms with Gasteiger partial charge in [-0.25, -0.2) is 0 Å². The lowest BCUT2D eigenvalue weighted by Crippen LogP contribution is -2.60. The molecule has 2 N–H and O–H groups in total. The van der Waals surface area contributed by atoms with E-state index in [2.05, 4.69) is 19.9 Å². The summed E-state index contributed by atoms with van der Waals surface area (Å²) in [5, 5.41) is 21.1. The third-order valence-corrected chi connectivity index (χ3v) is 9.11. The third-order valence-electron chi connectivity index (χ3n) is 9.11. The largest absolute Gasteiger partial charge is 0.393 e. The van der Waals surface area contributed by atoms with Crippen LogP contribution in [-0.2, 0) is 9.53 Å². The molecule has 4 aliphatic carbocycles. The van der Waals surface area contributed by atoms with Crippen LogP contribution in [0.3, 0.4) is 0 Å². The number of allylic oxidation sites excluding steroid dienone is 1. The maximum Gasteiger partial charge on any atom is 0.164 e. The van der Waals surface area contributed by atoms with E-state index < -0.39 is 11.7 Å². The molecule has 4 rings (SSSR count). The van der Waals surface area contributed by atoms with Crippen LogP contribution in [-0.4, -0.2) is 40.9 Å². The molecular formula is C22H34O4.